The molecular formula is C9H9FN2O. The third-order valence-corrected chi connectivity index (χ3v) is 1.86. The lowest BCUT2D eigenvalue weighted by Gasteiger charge is -2.01. The predicted molar refractivity (Wildman–Crippen MR) is 44.7 cm³/mol. The van der Waals surface area contributed by atoms with Gasteiger partial charge in [-0.2, -0.15) is 4.39 Å². The van der Waals surface area contributed by atoms with Crippen LogP contribution in [0.2, 0.25) is 0 Å². The monoisotopic (exact) mass is 180 g/mol. The maximum atomic E-state index is 12.6. The molecule has 0 atom stereocenters. The van der Waals surface area contributed by atoms with Gasteiger partial charge < -0.3 is 5.32 Å². The summed E-state index contributed by atoms with van der Waals surface area (Å²) in [6.45, 7) is 0. The molecule has 1 heterocycles. The van der Waals surface area contributed by atoms with E-state index in [4.69, 9.17) is 0 Å². The van der Waals surface area contributed by atoms with Crippen LogP contribution in [0.1, 0.15) is 23.3 Å². The zero-order chi connectivity index (χ0) is 9.26. The van der Waals surface area contributed by atoms with E-state index in [1.165, 1.54) is 18.2 Å². The Bertz CT molecular complexity index is 336. The van der Waals surface area contributed by atoms with Crippen molar-refractivity contribution in [3.63, 3.8) is 0 Å². The fourth-order valence-corrected chi connectivity index (χ4v) is 1.02. The topological polar surface area (TPSA) is 42.0 Å². The molecule has 4 heteroatoms. The van der Waals surface area contributed by atoms with Crippen LogP contribution < -0.4 is 5.32 Å². The lowest BCUT2D eigenvalue weighted by molar-refractivity contribution is 0.0945. The van der Waals surface area contributed by atoms with E-state index in [1.807, 2.05) is 0 Å². The molecule has 0 unspecified atom stereocenters. The van der Waals surface area contributed by atoms with E-state index in [-0.39, 0.29) is 17.6 Å². The number of aromatic nitrogens is 1. The maximum absolute atomic E-state index is 12.6. The van der Waals surface area contributed by atoms with Crippen molar-refractivity contribution in [2.45, 2.75) is 18.9 Å². The molecule has 0 aliphatic heterocycles. The van der Waals surface area contributed by atoms with Crippen molar-refractivity contribution < 1.29 is 9.18 Å². The summed E-state index contributed by atoms with van der Waals surface area (Å²) in [4.78, 5) is 14.8. The number of halogens is 1. The number of hydrogen-bond donors (Lipinski definition) is 1. The molecule has 2 rings (SSSR count). The van der Waals surface area contributed by atoms with Crippen molar-refractivity contribution in [3.05, 3.63) is 29.8 Å². The fraction of sp³-hybridized carbons (Fsp3) is 0.333. The molecule has 3 nitrogen and oxygen atoms in total. The molecule has 1 aromatic rings. The molecule has 1 aromatic heterocycles. The largest absolute Gasteiger partial charge is 0.348 e. The molecule has 1 saturated carbocycles. The summed E-state index contributed by atoms with van der Waals surface area (Å²) >= 11 is 0. The summed E-state index contributed by atoms with van der Waals surface area (Å²) in [7, 11) is 0. The molecule has 1 aliphatic carbocycles. The molecule has 1 aliphatic rings. The van der Waals surface area contributed by atoms with E-state index >= 15 is 0 Å². The summed E-state index contributed by atoms with van der Waals surface area (Å²) in [6.07, 6.45) is 2.03. The van der Waals surface area contributed by atoms with Crippen molar-refractivity contribution in [2.24, 2.45) is 0 Å². The van der Waals surface area contributed by atoms with Crippen LogP contribution in [0.25, 0.3) is 0 Å². The van der Waals surface area contributed by atoms with Gasteiger partial charge in [-0.05, 0) is 25.0 Å². The first kappa shape index (κ1) is 8.16. The Hall–Kier alpha value is -1.45. The van der Waals surface area contributed by atoms with E-state index in [2.05, 4.69) is 10.3 Å². The van der Waals surface area contributed by atoms with E-state index < -0.39 is 5.95 Å². The smallest absolute Gasteiger partial charge is 0.270 e. The van der Waals surface area contributed by atoms with Crippen molar-refractivity contribution in [1.82, 2.24) is 10.3 Å². The molecule has 1 amide bonds. The number of nitrogens with one attached hydrogen (secondary N) is 1. The fourth-order valence-electron chi connectivity index (χ4n) is 1.02. The molecule has 0 aromatic carbocycles. The van der Waals surface area contributed by atoms with Gasteiger partial charge in [0.15, 0.2) is 0 Å². The Morgan fingerprint density at radius 2 is 2.31 bits per heavy atom. The second kappa shape index (κ2) is 3.12. The van der Waals surface area contributed by atoms with Crippen LogP contribution in [0, 0.1) is 5.95 Å². The highest BCUT2D eigenvalue weighted by atomic mass is 19.1. The third kappa shape index (κ3) is 2.02. The summed E-state index contributed by atoms with van der Waals surface area (Å²) in [5.74, 6) is -0.912. The second-order valence-electron chi connectivity index (χ2n) is 3.09. The first-order valence-corrected chi connectivity index (χ1v) is 4.19. The average molecular weight is 180 g/mol. The Balaban J connectivity index is 2.09. The highest BCUT2D eigenvalue weighted by Crippen LogP contribution is 2.18. The summed E-state index contributed by atoms with van der Waals surface area (Å²) < 4.78 is 12.6. The quantitative estimate of drug-likeness (QED) is 0.693. The second-order valence-corrected chi connectivity index (χ2v) is 3.09. The number of amides is 1. The lowest BCUT2D eigenvalue weighted by Crippen LogP contribution is -2.26. The minimum atomic E-state index is -0.622. The van der Waals surface area contributed by atoms with Gasteiger partial charge in [-0.1, -0.05) is 6.07 Å². The first-order chi connectivity index (χ1) is 6.25. The van der Waals surface area contributed by atoms with E-state index in [0.717, 1.165) is 12.8 Å². The minimum absolute atomic E-state index is 0.145. The Morgan fingerprint density at radius 1 is 1.54 bits per heavy atom. The molecular weight excluding hydrogens is 171 g/mol. The van der Waals surface area contributed by atoms with Gasteiger partial charge in [-0.3, -0.25) is 4.79 Å². The average Bonchev–Trinajstić information content (AvgIpc) is 2.88. The Morgan fingerprint density at radius 3 is 2.92 bits per heavy atom. The standard InChI is InChI=1S/C9H9FN2O/c10-8-3-1-2-7(12-8)9(13)11-6-4-5-6/h1-3,6H,4-5H2,(H,11,13). The number of hydrogen-bond acceptors (Lipinski definition) is 2. The molecule has 1 fully saturated rings. The molecule has 0 bridgehead atoms. The van der Waals surface area contributed by atoms with Crippen LogP contribution in [0.3, 0.4) is 0 Å². The molecule has 0 radical (unpaired) electrons. The van der Waals surface area contributed by atoms with Crippen molar-refractivity contribution in [3.8, 4) is 0 Å². The van der Waals surface area contributed by atoms with Gasteiger partial charge in [0.1, 0.15) is 5.69 Å². The van der Waals surface area contributed by atoms with Crippen molar-refractivity contribution in [1.29, 1.82) is 0 Å². The van der Waals surface area contributed by atoms with Crippen LogP contribution in [-0.2, 0) is 0 Å². The molecule has 13 heavy (non-hydrogen) atoms. The maximum Gasteiger partial charge on any atom is 0.270 e. The normalized spacial score (nSPS) is 15.5. The van der Waals surface area contributed by atoms with Crippen LogP contribution in [-0.4, -0.2) is 16.9 Å². The zero-order valence-corrected chi connectivity index (χ0v) is 6.96. The molecule has 68 valence electrons. The van der Waals surface area contributed by atoms with Gasteiger partial charge in [0.25, 0.3) is 5.91 Å². The van der Waals surface area contributed by atoms with E-state index in [1.54, 1.807) is 0 Å². The number of rotatable bonds is 2. The number of pyridine rings is 1. The number of carbonyl (C=O) groups is 1. The van der Waals surface area contributed by atoms with E-state index in [0.29, 0.717) is 0 Å². The van der Waals surface area contributed by atoms with Crippen molar-refractivity contribution in [2.75, 3.05) is 0 Å². The number of nitrogens with zero attached hydrogens (tertiary/aromatic N) is 1. The van der Waals surface area contributed by atoms with Gasteiger partial charge in [0, 0.05) is 6.04 Å². The van der Waals surface area contributed by atoms with Gasteiger partial charge in [-0.25, -0.2) is 4.98 Å². The molecule has 0 spiro atoms. The summed E-state index contributed by atoms with van der Waals surface area (Å²) in [6, 6.07) is 4.47. The van der Waals surface area contributed by atoms with Gasteiger partial charge in [0.05, 0.1) is 0 Å². The lowest BCUT2D eigenvalue weighted by atomic mass is 10.3. The molecule has 0 saturated heterocycles. The first-order valence-electron chi connectivity index (χ1n) is 4.19. The highest BCUT2D eigenvalue weighted by Gasteiger charge is 2.24. The number of carbonyl (C=O) groups excluding carboxylic acids is 1. The third-order valence-electron chi connectivity index (χ3n) is 1.86. The SMILES string of the molecule is O=C(NC1CC1)c1cccc(F)n1. The van der Waals surface area contributed by atoms with Crippen molar-refractivity contribution >= 4 is 5.91 Å². The molecule has 1 N–H and O–H groups in total. The Kier molecular flexibility index (Phi) is 1.96. The van der Waals surface area contributed by atoms with Crippen LogP contribution >= 0.6 is 0 Å². The van der Waals surface area contributed by atoms with Crippen LogP contribution in [0.4, 0.5) is 4.39 Å². The minimum Gasteiger partial charge on any atom is -0.348 e. The van der Waals surface area contributed by atoms with Crippen LogP contribution in [0.15, 0.2) is 18.2 Å². The van der Waals surface area contributed by atoms with Crippen LogP contribution in [0.5, 0.6) is 0 Å². The van der Waals surface area contributed by atoms with E-state index in [9.17, 15) is 9.18 Å². The summed E-state index contributed by atoms with van der Waals surface area (Å²) in [5.41, 5.74) is 0.145. The Labute approximate surface area is 75.0 Å². The van der Waals surface area contributed by atoms with Gasteiger partial charge in [-0.15, -0.1) is 0 Å². The highest BCUT2D eigenvalue weighted by molar-refractivity contribution is 5.92. The van der Waals surface area contributed by atoms with Gasteiger partial charge >= 0.3 is 0 Å². The van der Waals surface area contributed by atoms with Gasteiger partial charge in [0.2, 0.25) is 5.95 Å². The predicted octanol–water partition coefficient (Wildman–Crippen LogP) is 1.11. The summed E-state index contributed by atoms with van der Waals surface area (Å²) in [5, 5.41) is 2.73. The zero-order valence-electron chi connectivity index (χ0n) is 6.96.